The lowest BCUT2D eigenvalue weighted by molar-refractivity contribution is -0.113. The van der Waals surface area contributed by atoms with Crippen LogP contribution in [0.1, 0.15) is 35.7 Å². The van der Waals surface area contributed by atoms with Crippen molar-refractivity contribution < 1.29 is 14.0 Å². The number of benzene rings is 2. The normalized spacial score (nSPS) is 10.5. The summed E-state index contributed by atoms with van der Waals surface area (Å²) in [5.74, 6) is -0.988. The van der Waals surface area contributed by atoms with E-state index in [2.05, 4.69) is 27.8 Å². The van der Waals surface area contributed by atoms with Crippen molar-refractivity contribution >= 4 is 35.1 Å². The van der Waals surface area contributed by atoms with Gasteiger partial charge in [0.1, 0.15) is 10.8 Å². The zero-order valence-corrected chi connectivity index (χ0v) is 17.9. The van der Waals surface area contributed by atoms with Gasteiger partial charge in [-0.25, -0.2) is 4.39 Å². The molecule has 0 bridgehead atoms. The first-order valence-electron chi connectivity index (χ1n) is 9.96. The van der Waals surface area contributed by atoms with Crippen molar-refractivity contribution in [2.24, 2.45) is 0 Å². The number of aromatic nitrogens is 2. The summed E-state index contributed by atoms with van der Waals surface area (Å²) in [6.07, 6.45) is 3.34. The van der Waals surface area contributed by atoms with E-state index in [9.17, 15) is 14.0 Å². The van der Waals surface area contributed by atoms with E-state index >= 15 is 0 Å². The Labute approximate surface area is 184 Å². The molecule has 0 unspecified atom stereocenters. The van der Waals surface area contributed by atoms with Gasteiger partial charge in [0.2, 0.25) is 5.91 Å². The van der Waals surface area contributed by atoms with Gasteiger partial charge in [-0.2, -0.15) is 0 Å². The number of hydrogen-bond donors (Lipinski definition) is 2. The van der Waals surface area contributed by atoms with Crippen molar-refractivity contribution in [3.8, 4) is 0 Å². The molecule has 1 heterocycles. The SMILES string of the molecule is CCCCc1ccc(NC(=O)CSc2ccc(NC(=O)c3ccccc3F)nn2)cc1. The van der Waals surface area contributed by atoms with Crippen molar-refractivity contribution in [2.75, 3.05) is 16.4 Å². The first-order chi connectivity index (χ1) is 15.0. The molecule has 0 aliphatic rings. The van der Waals surface area contributed by atoms with E-state index in [1.165, 1.54) is 35.5 Å². The van der Waals surface area contributed by atoms with Crippen molar-refractivity contribution in [2.45, 2.75) is 31.2 Å². The van der Waals surface area contributed by atoms with E-state index in [4.69, 9.17) is 0 Å². The Morgan fingerprint density at radius 2 is 1.74 bits per heavy atom. The summed E-state index contributed by atoms with van der Waals surface area (Å²) in [6.45, 7) is 2.16. The molecular weight excluding hydrogens is 415 g/mol. The summed E-state index contributed by atoms with van der Waals surface area (Å²) in [5.41, 5.74) is 1.94. The largest absolute Gasteiger partial charge is 0.325 e. The molecule has 0 radical (unpaired) electrons. The third-order valence-electron chi connectivity index (χ3n) is 4.41. The predicted octanol–water partition coefficient (Wildman–Crippen LogP) is 4.94. The molecule has 6 nitrogen and oxygen atoms in total. The summed E-state index contributed by atoms with van der Waals surface area (Å²) in [6, 6.07) is 16.8. The molecule has 1 aromatic heterocycles. The van der Waals surface area contributed by atoms with Gasteiger partial charge < -0.3 is 10.6 Å². The molecule has 2 N–H and O–H groups in total. The van der Waals surface area contributed by atoms with Crippen LogP contribution < -0.4 is 10.6 Å². The fourth-order valence-electron chi connectivity index (χ4n) is 2.76. The van der Waals surface area contributed by atoms with Gasteiger partial charge in [0.15, 0.2) is 5.82 Å². The molecule has 0 saturated heterocycles. The van der Waals surface area contributed by atoms with Gasteiger partial charge in [0.05, 0.1) is 11.3 Å². The lowest BCUT2D eigenvalue weighted by atomic mass is 10.1. The highest BCUT2D eigenvalue weighted by atomic mass is 32.2. The minimum Gasteiger partial charge on any atom is -0.325 e. The molecule has 0 aliphatic carbocycles. The van der Waals surface area contributed by atoms with Gasteiger partial charge in [-0.05, 0) is 54.8 Å². The number of carbonyl (C=O) groups excluding carboxylic acids is 2. The van der Waals surface area contributed by atoms with Gasteiger partial charge in [-0.1, -0.05) is 49.4 Å². The Morgan fingerprint density at radius 3 is 2.42 bits per heavy atom. The highest BCUT2D eigenvalue weighted by Crippen LogP contribution is 2.18. The monoisotopic (exact) mass is 438 g/mol. The Kier molecular flexibility index (Phi) is 8.12. The molecule has 0 atom stereocenters. The summed E-state index contributed by atoms with van der Waals surface area (Å²) in [7, 11) is 0. The van der Waals surface area contributed by atoms with Crippen LogP contribution in [-0.2, 0) is 11.2 Å². The van der Waals surface area contributed by atoms with Gasteiger partial charge in [-0.3, -0.25) is 9.59 Å². The molecule has 3 aromatic rings. The Bertz CT molecular complexity index is 1030. The number of nitrogens with one attached hydrogen (secondary N) is 2. The Hall–Kier alpha value is -3.26. The van der Waals surface area contributed by atoms with Crippen molar-refractivity contribution in [3.05, 3.63) is 77.6 Å². The number of hydrogen-bond acceptors (Lipinski definition) is 5. The van der Waals surface area contributed by atoms with Crippen LogP contribution in [0.5, 0.6) is 0 Å². The van der Waals surface area contributed by atoms with E-state index < -0.39 is 11.7 Å². The molecule has 0 saturated carbocycles. The zero-order valence-electron chi connectivity index (χ0n) is 17.1. The van der Waals surface area contributed by atoms with Gasteiger partial charge in [0.25, 0.3) is 5.91 Å². The summed E-state index contributed by atoms with van der Waals surface area (Å²) >= 11 is 1.23. The third-order valence-corrected chi connectivity index (χ3v) is 5.33. The van der Waals surface area contributed by atoms with Crippen LogP contribution in [-0.4, -0.2) is 27.8 Å². The van der Waals surface area contributed by atoms with Crippen LogP contribution in [0.25, 0.3) is 0 Å². The molecule has 0 aliphatic heterocycles. The van der Waals surface area contributed by atoms with E-state index in [-0.39, 0.29) is 23.0 Å². The summed E-state index contributed by atoms with van der Waals surface area (Å²) in [5, 5.41) is 13.8. The van der Waals surface area contributed by atoms with Crippen LogP contribution in [0.3, 0.4) is 0 Å². The maximum atomic E-state index is 13.7. The summed E-state index contributed by atoms with van der Waals surface area (Å²) in [4.78, 5) is 24.3. The number of rotatable bonds is 9. The van der Waals surface area contributed by atoms with E-state index in [0.717, 1.165) is 24.9 Å². The van der Waals surface area contributed by atoms with E-state index in [0.29, 0.717) is 5.03 Å². The molecule has 160 valence electrons. The highest BCUT2D eigenvalue weighted by Gasteiger charge is 2.12. The van der Waals surface area contributed by atoms with Crippen LogP contribution >= 0.6 is 11.8 Å². The molecule has 2 aromatic carbocycles. The fraction of sp³-hybridized carbons (Fsp3) is 0.217. The standard InChI is InChI=1S/C23H23FN4O2S/c1-2-3-6-16-9-11-17(12-10-16)25-21(29)15-31-22-14-13-20(27-28-22)26-23(30)18-7-4-5-8-19(18)24/h4-5,7-14H,2-3,6,15H2,1H3,(H,25,29)(H,26,27,30). The maximum absolute atomic E-state index is 13.7. The number of anilines is 2. The second-order valence-electron chi connectivity index (χ2n) is 6.83. The Morgan fingerprint density at radius 1 is 0.968 bits per heavy atom. The molecule has 0 spiro atoms. The van der Waals surface area contributed by atoms with E-state index in [1.807, 2.05) is 24.3 Å². The number of nitrogens with zero attached hydrogens (tertiary/aromatic N) is 2. The number of aryl methyl sites for hydroxylation is 1. The van der Waals surface area contributed by atoms with Gasteiger partial charge >= 0.3 is 0 Å². The topological polar surface area (TPSA) is 84.0 Å². The molecule has 0 fully saturated rings. The highest BCUT2D eigenvalue weighted by molar-refractivity contribution is 7.99. The minimum absolute atomic E-state index is 0.0715. The molecule has 8 heteroatoms. The lowest BCUT2D eigenvalue weighted by Gasteiger charge is -2.07. The van der Waals surface area contributed by atoms with Crippen molar-refractivity contribution in [3.63, 3.8) is 0 Å². The number of halogens is 1. The first kappa shape index (κ1) is 22.4. The second-order valence-corrected chi connectivity index (χ2v) is 7.82. The van der Waals surface area contributed by atoms with E-state index in [1.54, 1.807) is 18.2 Å². The predicted molar refractivity (Wildman–Crippen MR) is 121 cm³/mol. The smallest absolute Gasteiger partial charge is 0.259 e. The van der Waals surface area contributed by atoms with Crippen molar-refractivity contribution in [1.82, 2.24) is 10.2 Å². The average Bonchev–Trinajstić information content (AvgIpc) is 2.78. The van der Waals surface area contributed by atoms with Crippen LogP contribution in [0, 0.1) is 5.82 Å². The molecular formula is C23H23FN4O2S. The number of thioether (sulfide) groups is 1. The number of carbonyl (C=O) groups is 2. The maximum Gasteiger partial charge on any atom is 0.259 e. The van der Waals surface area contributed by atoms with Crippen LogP contribution in [0.2, 0.25) is 0 Å². The third kappa shape index (κ3) is 6.89. The minimum atomic E-state index is -0.609. The average molecular weight is 439 g/mol. The second kappa shape index (κ2) is 11.2. The van der Waals surface area contributed by atoms with Crippen LogP contribution in [0.15, 0.2) is 65.7 Å². The first-order valence-corrected chi connectivity index (χ1v) is 10.9. The lowest BCUT2D eigenvalue weighted by Crippen LogP contribution is -2.15. The Balaban J connectivity index is 1.47. The van der Waals surface area contributed by atoms with Gasteiger partial charge in [0, 0.05) is 5.69 Å². The van der Waals surface area contributed by atoms with Crippen molar-refractivity contribution in [1.29, 1.82) is 0 Å². The molecule has 2 amide bonds. The fourth-order valence-corrected chi connectivity index (χ4v) is 3.38. The molecule has 3 rings (SSSR count). The number of amides is 2. The molecule has 31 heavy (non-hydrogen) atoms. The number of unbranched alkanes of at least 4 members (excludes halogenated alkanes) is 1. The zero-order chi connectivity index (χ0) is 22.1. The van der Waals surface area contributed by atoms with Gasteiger partial charge in [-0.15, -0.1) is 10.2 Å². The summed E-state index contributed by atoms with van der Waals surface area (Å²) < 4.78 is 13.7. The van der Waals surface area contributed by atoms with Crippen LogP contribution in [0.4, 0.5) is 15.9 Å². The quantitative estimate of drug-likeness (QED) is 0.462.